The monoisotopic (exact) mass is 186 g/mol. The van der Waals surface area contributed by atoms with Gasteiger partial charge in [-0.25, -0.2) is 0 Å². The van der Waals surface area contributed by atoms with Crippen molar-refractivity contribution in [2.45, 2.75) is 0 Å². The van der Waals surface area contributed by atoms with E-state index in [9.17, 15) is 3.29 Å². The molecule has 0 rings (SSSR count). The molecular weight excluding hydrogens is 183 g/mol. The summed E-state index contributed by atoms with van der Waals surface area (Å²) in [6, 6.07) is 0. The molecule has 4 heteroatoms. The molecule has 0 amide bonds. The third-order valence-electron chi connectivity index (χ3n) is 0. The minimum absolute atomic E-state index is 0. The molecule has 4 heavy (non-hydrogen) atoms. The van der Waals surface area contributed by atoms with Crippen molar-refractivity contribution in [1.82, 2.24) is 0 Å². The van der Waals surface area contributed by atoms with E-state index in [1.165, 1.54) is 0 Å². The van der Waals surface area contributed by atoms with Crippen LogP contribution < -0.4 is 18.9 Å². The van der Waals surface area contributed by atoms with Crippen LogP contribution in [0.5, 0.6) is 0 Å². The van der Waals surface area contributed by atoms with Crippen LogP contribution in [-0.4, -0.2) is 64.6 Å². The van der Waals surface area contributed by atoms with E-state index in [4.69, 9.17) is 0 Å². The van der Waals surface area contributed by atoms with Crippen molar-refractivity contribution < 1.29 is 26.4 Å². The molecule has 0 saturated carbocycles. The first-order valence-corrected chi connectivity index (χ1v) is 1.13. The van der Waals surface area contributed by atoms with Crippen LogP contribution >= 0.6 is 0 Å². The molecular formula is H3FGaLiSr. The standard InChI is InChI=1S/FH.Ga.Li.Sr.3H/h1H;;;;;;/q;2*+1;+2;3*-1/p-1. The molecule has 0 N–H and O–H groups in total. The largest absolute Gasteiger partial charge is 2.00 e. The smallest absolute Gasteiger partial charge is 1.00 e. The quantitative estimate of drug-likeness (QED) is 0.354. The Morgan fingerprint density at radius 2 is 1.50 bits per heavy atom. The Bertz CT molecular complexity index is 14.9. The van der Waals surface area contributed by atoms with Crippen molar-refractivity contribution in [2.75, 3.05) is 0 Å². The molecule has 0 heterocycles. The van der Waals surface area contributed by atoms with Crippen LogP contribution in [0.3, 0.4) is 0 Å². The predicted molar refractivity (Wildman–Crippen MR) is 16.0 cm³/mol. The van der Waals surface area contributed by atoms with Crippen LogP contribution in [0.2, 0.25) is 0 Å². The van der Waals surface area contributed by atoms with Crippen molar-refractivity contribution >= 4 is 64.6 Å². The summed E-state index contributed by atoms with van der Waals surface area (Å²) in [6.45, 7) is 0. The van der Waals surface area contributed by atoms with E-state index < -0.39 is 0 Å². The second-order valence-corrected chi connectivity index (χ2v) is 0. The van der Waals surface area contributed by atoms with Crippen molar-refractivity contribution in [3.05, 3.63) is 0 Å². The molecule has 2 radical (unpaired) electrons. The van der Waals surface area contributed by atoms with E-state index >= 15 is 0 Å². The molecule has 16 valence electrons. The first kappa shape index (κ1) is 15.9. The van der Waals surface area contributed by atoms with Gasteiger partial charge in [0, 0.05) is 0 Å². The Labute approximate surface area is 89.3 Å². The minimum Gasteiger partial charge on any atom is -1.00 e. The van der Waals surface area contributed by atoms with Gasteiger partial charge in [-0.05, 0) is 0 Å². The van der Waals surface area contributed by atoms with Crippen LogP contribution in [0.4, 0.5) is 3.29 Å². The molecule has 0 saturated heterocycles. The Morgan fingerprint density at radius 3 is 1.50 bits per heavy atom. The average molecular weight is 186 g/mol. The van der Waals surface area contributed by atoms with E-state index in [0.29, 0.717) is 0 Å². The normalized spacial score (nSPS) is 1.25. The van der Waals surface area contributed by atoms with Gasteiger partial charge in [-0.2, -0.15) is 0 Å². The molecule has 0 atom stereocenters. The Hall–Kier alpha value is 2.64. The van der Waals surface area contributed by atoms with Crippen molar-refractivity contribution in [2.24, 2.45) is 0 Å². The van der Waals surface area contributed by atoms with Crippen LogP contribution in [0.25, 0.3) is 0 Å². The van der Waals surface area contributed by atoms with E-state index in [2.05, 4.69) is 0 Å². The average Bonchev–Trinajstić information content (AvgIpc) is 1.00. The molecule has 0 bridgehead atoms. The van der Waals surface area contributed by atoms with E-state index in [-0.39, 0.29) is 87.7 Å². The fraction of sp³-hybridized carbons (Fsp3) is 0. The second-order valence-electron chi connectivity index (χ2n) is 0. The van der Waals surface area contributed by atoms with Gasteiger partial charge in [0.25, 0.3) is 0 Å². The van der Waals surface area contributed by atoms with E-state index in [0.717, 1.165) is 0 Å². The maximum Gasteiger partial charge on any atom is 2.00 e. The number of hydrogen-bond donors (Lipinski definition) is 0. The predicted octanol–water partition coefficient (Wildman–Crippen LogP) is -3.00. The van der Waals surface area contributed by atoms with Crippen molar-refractivity contribution in [3.63, 3.8) is 0 Å². The van der Waals surface area contributed by atoms with E-state index in [1.54, 1.807) is 0 Å². The Balaban J connectivity index is -0.000000000500. The number of halogens is 1. The van der Waals surface area contributed by atoms with Gasteiger partial charge in [0.2, 0.25) is 0 Å². The summed E-state index contributed by atoms with van der Waals surface area (Å²) in [7, 11) is 0. The minimum atomic E-state index is 0. The van der Waals surface area contributed by atoms with E-state index in [1.807, 2.05) is 0 Å². The van der Waals surface area contributed by atoms with Crippen LogP contribution in [0.15, 0.2) is 0 Å². The van der Waals surface area contributed by atoms with Crippen LogP contribution in [-0.2, 0) is 0 Å². The molecule has 0 aromatic rings. The molecule has 0 aliphatic rings. The molecule has 0 fully saturated rings. The summed E-state index contributed by atoms with van der Waals surface area (Å²) in [5.74, 6) is 0. The van der Waals surface area contributed by atoms with Gasteiger partial charge in [0.15, 0.2) is 0 Å². The molecule has 0 aliphatic carbocycles. The van der Waals surface area contributed by atoms with Gasteiger partial charge in [-0.15, -0.1) is 0 Å². The molecule has 0 nitrogen and oxygen atoms in total. The molecule has 0 aliphatic heterocycles. The number of hydrogen-bond acceptors (Lipinski definition) is 0. The van der Waals surface area contributed by atoms with Gasteiger partial charge in [-0.3, -0.25) is 0 Å². The fourth-order valence-electron chi connectivity index (χ4n) is 0. The van der Waals surface area contributed by atoms with Gasteiger partial charge >= 0.3 is 86.7 Å². The zero-order valence-electron chi connectivity index (χ0n) is 5.66. The summed E-state index contributed by atoms with van der Waals surface area (Å²) in [6.07, 6.45) is 0. The maximum absolute atomic E-state index is 9.56. The summed E-state index contributed by atoms with van der Waals surface area (Å²) in [4.78, 5) is 0. The first-order chi connectivity index (χ1) is 1.00. The third kappa shape index (κ3) is 8.82. The first-order valence-electron chi connectivity index (χ1n) is 0.218. The Kier molecular flexibility index (Phi) is 69.4. The zero-order valence-corrected chi connectivity index (χ0v) is 8.56. The van der Waals surface area contributed by atoms with Crippen molar-refractivity contribution in [3.8, 4) is 0 Å². The molecule has 0 unspecified atom stereocenters. The zero-order chi connectivity index (χ0) is 2.00. The maximum atomic E-state index is 9.56. The third-order valence-corrected chi connectivity index (χ3v) is 0. The molecule has 0 aromatic heterocycles. The van der Waals surface area contributed by atoms with Gasteiger partial charge < -0.3 is 4.28 Å². The van der Waals surface area contributed by atoms with Gasteiger partial charge in [-0.1, -0.05) is 0 Å². The van der Waals surface area contributed by atoms with Crippen LogP contribution in [0.1, 0.15) is 4.28 Å². The van der Waals surface area contributed by atoms with Crippen LogP contribution in [0, 0.1) is 0 Å². The van der Waals surface area contributed by atoms with Gasteiger partial charge in [0.05, 0.1) is 0 Å². The summed E-state index contributed by atoms with van der Waals surface area (Å²) >= 11 is 0.188. The molecule has 0 spiro atoms. The summed E-state index contributed by atoms with van der Waals surface area (Å²) in [5, 5.41) is 0. The molecule has 0 aromatic carbocycles. The van der Waals surface area contributed by atoms with Crippen molar-refractivity contribution in [1.29, 1.82) is 0 Å². The SMILES string of the molecule is [F][Ga].[H-].[H-].[H-].[Li+].[Sr+2]. The Morgan fingerprint density at radius 1 is 1.50 bits per heavy atom. The summed E-state index contributed by atoms with van der Waals surface area (Å²) in [5.41, 5.74) is 0. The summed E-state index contributed by atoms with van der Waals surface area (Å²) < 4.78 is 9.56. The van der Waals surface area contributed by atoms with Gasteiger partial charge in [0.1, 0.15) is 0 Å². The number of rotatable bonds is 0. The fourth-order valence-corrected chi connectivity index (χ4v) is 0. The topological polar surface area (TPSA) is 0 Å². The second kappa shape index (κ2) is 17.4.